The first kappa shape index (κ1) is 17.7. The van der Waals surface area contributed by atoms with E-state index in [0.29, 0.717) is 24.7 Å². The number of ether oxygens (including phenoxy) is 1. The minimum Gasteiger partial charge on any atom is -0.465 e. The summed E-state index contributed by atoms with van der Waals surface area (Å²) in [5, 5.41) is 0. The zero-order valence-electron chi connectivity index (χ0n) is 11.3. The molecule has 0 aliphatic rings. The molecule has 0 radical (unpaired) electrons. The predicted molar refractivity (Wildman–Crippen MR) is 72.2 cm³/mol. The average Bonchev–Trinajstić information content (AvgIpc) is 2.29. The fourth-order valence-electron chi connectivity index (χ4n) is 1.31. The van der Waals surface area contributed by atoms with Crippen molar-refractivity contribution in [3.05, 3.63) is 0 Å². The van der Waals surface area contributed by atoms with Crippen LogP contribution in [-0.2, 0) is 9.53 Å². The number of carbonyl (C=O) groups excluding carboxylic acids is 1. The molecule has 108 valence electrons. The Morgan fingerprint density at radius 2 is 1.83 bits per heavy atom. The summed E-state index contributed by atoms with van der Waals surface area (Å²) in [6, 6.07) is 0. The van der Waals surface area contributed by atoms with Gasteiger partial charge in [0.15, 0.2) is 0 Å². The van der Waals surface area contributed by atoms with Gasteiger partial charge in [-0.3, -0.25) is 4.79 Å². The molecule has 0 spiro atoms. The van der Waals surface area contributed by atoms with E-state index in [1.165, 1.54) is 0 Å². The Hall–Kier alpha value is -0.320. The van der Waals surface area contributed by atoms with Gasteiger partial charge in [-0.15, -0.1) is 0 Å². The lowest BCUT2D eigenvalue weighted by atomic mass is 10.2. The number of unbranched alkanes of at least 4 members (excludes halogenated alkanes) is 3. The van der Waals surface area contributed by atoms with E-state index >= 15 is 0 Å². The van der Waals surface area contributed by atoms with Crippen LogP contribution in [0.5, 0.6) is 0 Å². The highest BCUT2D eigenvalue weighted by atomic mass is 32.2. The van der Waals surface area contributed by atoms with Gasteiger partial charge in [0.2, 0.25) is 6.43 Å². The van der Waals surface area contributed by atoms with Gasteiger partial charge < -0.3 is 4.74 Å². The standard InChI is InChI=1S/C13H24F2O2S/c1-11(2)9-17-13(16)10-18-8-6-4-3-5-7-12(14)15/h11-12H,3-10H2,1-2H3. The quantitative estimate of drug-likeness (QED) is 0.421. The SMILES string of the molecule is CC(C)COC(=O)CSCCCCCCC(F)F. The molecule has 0 bridgehead atoms. The average molecular weight is 282 g/mol. The van der Waals surface area contributed by atoms with Crippen molar-refractivity contribution in [3.63, 3.8) is 0 Å². The second kappa shape index (κ2) is 11.8. The van der Waals surface area contributed by atoms with Gasteiger partial charge in [0.25, 0.3) is 0 Å². The molecule has 0 aromatic heterocycles. The Labute approximate surface area is 113 Å². The van der Waals surface area contributed by atoms with Crippen LogP contribution in [0.4, 0.5) is 8.78 Å². The third kappa shape index (κ3) is 13.7. The summed E-state index contributed by atoms with van der Waals surface area (Å²) in [5.74, 6) is 1.50. The summed E-state index contributed by atoms with van der Waals surface area (Å²) >= 11 is 1.55. The smallest absolute Gasteiger partial charge is 0.315 e. The van der Waals surface area contributed by atoms with Crippen molar-refractivity contribution in [3.8, 4) is 0 Å². The highest BCUT2D eigenvalue weighted by Crippen LogP contribution is 2.11. The van der Waals surface area contributed by atoms with E-state index in [-0.39, 0.29) is 12.4 Å². The molecule has 0 rings (SSSR count). The van der Waals surface area contributed by atoms with Gasteiger partial charge in [-0.25, -0.2) is 8.78 Å². The van der Waals surface area contributed by atoms with Crippen LogP contribution < -0.4 is 0 Å². The Morgan fingerprint density at radius 1 is 1.17 bits per heavy atom. The van der Waals surface area contributed by atoms with E-state index in [9.17, 15) is 13.6 Å². The summed E-state index contributed by atoms with van der Waals surface area (Å²) in [5.41, 5.74) is 0. The third-order valence-corrected chi connectivity index (χ3v) is 3.28. The van der Waals surface area contributed by atoms with Crippen molar-refractivity contribution in [2.75, 3.05) is 18.1 Å². The summed E-state index contributed by atoms with van der Waals surface area (Å²) < 4.78 is 28.7. The Balaban J connectivity index is 3.17. The van der Waals surface area contributed by atoms with Crippen LogP contribution in [0.1, 0.15) is 46.0 Å². The lowest BCUT2D eigenvalue weighted by Gasteiger charge is -2.06. The molecule has 0 saturated heterocycles. The van der Waals surface area contributed by atoms with E-state index in [2.05, 4.69) is 0 Å². The maximum absolute atomic E-state index is 11.8. The number of carbonyl (C=O) groups is 1. The van der Waals surface area contributed by atoms with E-state index < -0.39 is 6.43 Å². The van der Waals surface area contributed by atoms with E-state index in [1.54, 1.807) is 11.8 Å². The molecular formula is C13H24F2O2S. The van der Waals surface area contributed by atoms with Gasteiger partial charge in [0.05, 0.1) is 12.4 Å². The van der Waals surface area contributed by atoms with Crippen LogP contribution in [0.25, 0.3) is 0 Å². The highest BCUT2D eigenvalue weighted by molar-refractivity contribution is 7.99. The van der Waals surface area contributed by atoms with Gasteiger partial charge >= 0.3 is 5.97 Å². The van der Waals surface area contributed by atoms with E-state index in [1.807, 2.05) is 13.8 Å². The fraction of sp³-hybridized carbons (Fsp3) is 0.923. The lowest BCUT2D eigenvalue weighted by molar-refractivity contribution is -0.141. The molecule has 0 fully saturated rings. The zero-order valence-corrected chi connectivity index (χ0v) is 12.1. The van der Waals surface area contributed by atoms with Gasteiger partial charge in [0, 0.05) is 6.42 Å². The number of hydrogen-bond acceptors (Lipinski definition) is 3. The van der Waals surface area contributed by atoms with Crippen molar-refractivity contribution in [2.24, 2.45) is 5.92 Å². The predicted octanol–water partition coefficient (Wildman–Crippen LogP) is 4.13. The van der Waals surface area contributed by atoms with Crippen LogP contribution in [0.15, 0.2) is 0 Å². The molecule has 0 aliphatic carbocycles. The second-order valence-corrected chi connectivity index (χ2v) is 5.83. The Bertz CT molecular complexity index is 211. The van der Waals surface area contributed by atoms with Crippen molar-refractivity contribution in [2.45, 2.75) is 52.4 Å². The molecule has 0 aromatic rings. The topological polar surface area (TPSA) is 26.3 Å². The normalized spacial score (nSPS) is 11.2. The lowest BCUT2D eigenvalue weighted by Crippen LogP contribution is -2.12. The van der Waals surface area contributed by atoms with E-state index in [0.717, 1.165) is 25.0 Å². The minimum atomic E-state index is -2.17. The maximum atomic E-state index is 11.8. The van der Waals surface area contributed by atoms with Crippen LogP contribution >= 0.6 is 11.8 Å². The molecule has 0 aliphatic heterocycles. The summed E-state index contributed by atoms with van der Waals surface area (Å²) in [7, 11) is 0. The Kier molecular flexibility index (Phi) is 11.5. The second-order valence-electron chi connectivity index (χ2n) is 4.72. The van der Waals surface area contributed by atoms with Gasteiger partial charge in [-0.05, 0) is 24.5 Å². The number of halogens is 2. The van der Waals surface area contributed by atoms with Crippen molar-refractivity contribution in [1.82, 2.24) is 0 Å². The maximum Gasteiger partial charge on any atom is 0.315 e. The highest BCUT2D eigenvalue weighted by Gasteiger charge is 2.04. The number of esters is 1. The number of thioether (sulfide) groups is 1. The monoisotopic (exact) mass is 282 g/mol. The third-order valence-electron chi connectivity index (χ3n) is 2.26. The van der Waals surface area contributed by atoms with Crippen LogP contribution in [-0.4, -0.2) is 30.5 Å². The zero-order chi connectivity index (χ0) is 13.8. The molecule has 0 unspecified atom stereocenters. The molecule has 0 heterocycles. The van der Waals surface area contributed by atoms with Crippen molar-refractivity contribution in [1.29, 1.82) is 0 Å². The van der Waals surface area contributed by atoms with Crippen molar-refractivity contribution >= 4 is 17.7 Å². The number of rotatable bonds is 11. The van der Waals surface area contributed by atoms with Gasteiger partial charge in [0.1, 0.15) is 0 Å². The van der Waals surface area contributed by atoms with E-state index in [4.69, 9.17) is 4.74 Å². The largest absolute Gasteiger partial charge is 0.465 e. The summed E-state index contributed by atoms with van der Waals surface area (Å²) in [4.78, 5) is 11.2. The molecule has 5 heteroatoms. The number of hydrogen-bond donors (Lipinski definition) is 0. The van der Waals surface area contributed by atoms with Gasteiger partial charge in [-0.2, -0.15) is 11.8 Å². The van der Waals surface area contributed by atoms with Gasteiger partial charge in [-0.1, -0.05) is 26.7 Å². The first-order valence-corrected chi connectivity index (χ1v) is 7.69. The fourth-order valence-corrected chi connectivity index (χ4v) is 2.12. The molecule has 0 aromatic carbocycles. The molecule has 0 saturated carbocycles. The minimum absolute atomic E-state index is 0.00860. The molecular weight excluding hydrogens is 258 g/mol. The molecule has 18 heavy (non-hydrogen) atoms. The van der Waals surface area contributed by atoms with Crippen LogP contribution in [0.3, 0.4) is 0 Å². The van der Waals surface area contributed by atoms with Crippen LogP contribution in [0, 0.1) is 5.92 Å². The summed E-state index contributed by atoms with van der Waals surface area (Å²) in [6.07, 6.45) is 1.22. The molecule has 2 nitrogen and oxygen atoms in total. The number of alkyl halides is 2. The molecule has 0 atom stereocenters. The Morgan fingerprint density at radius 3 is 2.44 bits per heavy atom. The molecule has 0 amide bonds. The van der Waals surface area contributed by atoms with Crippen molar-refractivity contribution < 1.29 is 18.3 Å². The summed E-state index contributed by atoms with van der Waals surface area (Å²) in [6.45, 7) is 4.48. The first-order chi connectivity index (χ1) is 8.52. The first-order valence-electron chi connectivity index (χ1n) is 6.54. The van der Waals surface area contributed by atoms with Crippen LogP contribution in [0.2, 0.25) is 0 Å². The molecule has 0 N–H and O–H groups in total.